The van der Waals surface area contributed by atoms with Crippen molar-refractivity contribution >= 4 is 27.5 Å². The second-order valence-corrected chi connectivity index (χ2v) is 6.77. The first kappa shape index (κ1) is 14.0. The van der Waals surface area contributed by atoms with Crippen LogP contribution in [0.1, 0.15) is 23.3 Å². The number of carbonyl (C=O) groups is 1. The fraction of sp³-hybridized carbons (Fsp3) is 0.500. The smallest absolute Gasteiger partial charge is 0.274 e. The third-order valence-corrected chi connectivity index (χ3v) is 5.62. The molecule has 3 aliphatic heterocycles. The minimum absolute atomic E-state index is 0.0771. The van der Waals surface area contributed by atoms with Crippen LogP contribution in [-0.2, 0) is 0 Å². The first-order valence-electron chi connectivity index (χ1n) is 7.73. The molecule has 0 spiro atoms. The summed E-state index contributed by atoms with van der Waals surface area (Å²) in [5, 5.41) is 0.911. The largest absolute Gasteiger partial charge is 0.497 e. The van der Waals surface area contributed by atoms with Gasteiger partial charge in [-0.15, -0.1) is 0 Å². The number of amides is 1. The normalized spacial score (nSPS) is 24.5. The van der Waals surface area contributed by atoms with E-state index >= 15 is 0 Å². The van der Waals surface area contributed by atoms with E-state index in [2.05, 4.69) is 9.27 Å². The summed E-state index contributed by atoms with van der Waals surface area (Å²) in [5.74, 6) is 0.845. The Labute approximate surface area is 133 Å². The molecule has 1 amide bonds. The lowest BCUT2D eigenvalue weighted by atomic mass is 10.0. The predicted molar refractivity (Wildman–Crippen MR) is 86.7 cm³/mol. The molecular formula is C16H19N3O2S. The highest BCUT2D eigenvalue weighted by molar-refractivity contribution is 7.13. The molecular weight excluding hydrogens is 298 g/mol. The lowest BCUT2D eigenvalue weighted by Gasteiger charge is -2.31. The quantitative estimate of drug-likeness (QED) is 0.852. The van der Waals surface area contributed by atoms with Crippen LogP contribution in [0.5, 0.6) is 5.75 Å². The van der Waals surface area contributed by atoms with E-state index in [1.54, 1.807) is 7.11 Å². The van der Waals surface area contributed by atoms with Gasteiger partial charge in [0, 0.05) is 37.6 Å². The van der Waals surface area contributed by atoms with E-state index in [-0.39, 0.29) is 5.91 Å². The average molecular weight is 317 g/mol. The van der Waals surface area contributed by atoms with Gasteiger partial charge in [0.25, 0.3) is 5.91 Å². The van der Waals surface area contributed by atoms with Crippen molar-refractivity contribution in [1.29, 1.82) is 0 Å². The van der Waals surface area contributed by atoms with Crippen LogP contribution in [0.3, 0.4) is 0 Å². The van der Waals surface area contributed by atoms with E-state index in [4.69, 9.17) is 4.74 Å². The highest BCUT2D eigenvalue weighted by Crippen LogP contribution is 2.29. The van der Waals surface area contributed by atoms with Crippen molar-refractivity contribution in [1.82, 2.24) is 14.2 Å². The maximum absolute atomic E-state index is 13.0. The number of fused-ring (bicyclic) bond motifs is 5. The summed E-state index contributed by atoms with van der Waals surface area (Å²) in [6.07, 6.45) is 2.16. The molecule has 1 aromatic heterocycles. The van der Waals surface area contributed by atoms with Crippen LogP contribution in [0, 0.1) is 0 Å². The molecule has 3 aliphatic rings. The summed E-state index contributed by atoms with van der Waals surface area (Å²) in [4.78, 5) is 17.5. The van der Waals surface area contributed by atoms with Crippen LogP contribution in [0.4, 0.5) is 0 Å². The Morgan fingerprint density at radius 3 is 2.86 bits per heavy atom. The third-order valence-electron chi connectivity index (χ3n) is 4.80. The zero-order chi connectivity index (χ0) is 15.1. The van der Waals surface area contributed by atoms with Gasteiger partial charge in [-0.05, 0) is 42.6 Å². The summed E-state index contributed by atoms with van der Waals surface area (Å²) in [6, 6.07) is 6.18. The van der Waals surface area contributed by atoms with Crippen LogP contribution in [-0.4, -0.2) is 59.4 Å². The van der Waals surface area contributed by atoms with Crippen molar-refractivity contribution < 1.29 is 9.53 Å². The number of aromatic nitrogens is 1. The van der Waals surface area contributed by atoms with E-state index in [9.17, 15) is 4.79 Å². The molecule has 5 rings (SSSR count). The first-order valence-corrected chi connectivity index (χ1v) is 8.50. The van der Waals surface area contributed by atoms with Gasteiger partial charge in [-0.1, -0.05) is 0 Å². The zero-order valence-corrected chi connectivity index (χ0v) is 13.4. The summed E-state index contributed by atoms with van der Waals surface area (Å²) in [6.45, 7) is 4.01. The number of rotatable bonds is 2. The Balaban J connectivity index is 1.70. The second kappa shape index (κ2) is 5.52. The second-order valence-electron chi connectivity index (χ2n) is 5.96. The molecule has 0 radical (unpaired) electrons. The van der Waals surface area contributed by atoms with Crippen molar-refractivity contribution in [3.63, 3.8) is 0 Å². The van der Waals surface area contributed by atoms with Gasteiger partial charge in [-0.3, -0.25) is 4.79 Å². The number of nitrogens with zero attached hydrogens (tertiary/aromatic N) is 3. The lowest BCUT2D eigenvalue weighted by molar-refractivity contribution is 0.0682. The number of hydrogen-bond donors (Lipinski definition) is 0. The van der Waals surface area contributed by atoms with Crippen LogP contribution in [0.2, 0.25) is 0 Å². The number of hydrogen-bond acceptors (Lipinski definition) is 5. The average Bonchev–Trinajstić information content (AvgIpc) is 2.74. The highest BCUT2D eigenvalue weighted by Gasteiger charge is 2.33. The van der Waals surface area contributed by atoms with Gasteiger partial charge in [0.2, 0.25) is 0 Å². The summed E-state index contributed by atoms with van der Waals surface area (Å²) < 4.78 is 10.8. The van der Waals surface area contributed by atoms with Crippen molar-refractivity contribution in [3.05, 3.63) is 23.9 Å². The van der Waals surface area contributed by atoms with Crippen LogP contribution < -0.4 is 4.74 Å². The summed E-state index contributed by atoms with van der Waals surface area (Å²) in [7, 11) is 1.64. The van der Waals surface area contributed by atoms with E-state index in [1.165, 1.54) is 11.5 Å². The molecule has 0 saturated carbocycles. The van der Waals surface area contributed by atoms with Crippen LogP contribution >= 0.6 is 11.5 Å². The molecule has 0 N–H and O–H groups in total. The third kappa shape index (κ3) is 2.27. The summed E-state index contributed by atoms with van der Waals surface area (Å²) in [5.41, 5.74) is 0.583. The van der Waals surface area contributed by atoms with Gasteiger partial charge in [0.05, 0.1) is 11.8 Å². The molecule has 22 heavy (non-hydrogen) atoms. The molecule has 3 saturated heterocycles. The van der Waals surface area contributed by atoms with Crippen molar-refractivity contribution in [3.8, 4) is 5.75 Å². The highest BCUT2D eigenvalue weighted by atomic mass is 32.1. The van der Waals surface area contributed by atoms with Crippen LogP contribution in [0.25, 0.3) is 10.1 Å². The molecule has 0 atom stereocenters. The van der Waals surface area contributed by atoms with E-state index < -0.39 is 0 Å². The Morgan fingerprint density at radius 1 is 1.27 bits per heavy atom. The predicted octanol–water partition coefficient (Wildman–Crippen LogP) is 2.23. The van der Waals surface area contributed by atoms with Crippen molar-refractivity contribution in [2.24, 2.45) is 0 Å². The maximum atomic E-state index is 13.0. The number of methoxy groups -OCH3 is 1. The molecule has 5 nitrogen and oxygen atoms in total. The maximum Gasteiger partial charge on any atom is 0.274 e. The number of piperidine rings is 1. The van der Waals surface area contributed by atoms with Crippen molar-refractivity contribution in [2.45, 2.75) is 18.9 Å². The Bertz CT molecular complexity index is 706. The summed E-state index contributed by atoms with van der Waals surface area (Å²) >= 11 is 1.39. The first-order chi connectivity index (χ1) is 10.8. The molecule has 2 aromatic rings. The van der Waals surface area contributed by atoms with E-state index in [1.807, 2.05) is 23.1 Å². The minimum Gasteiger partial charge on any atom is -0.497 e. The fourth-order valence-corrected chi connectivity index (χ4v) is 4.24. The number of ether oxygens (including phenoxy) is 1. The molecule has 116 valence electrons. The lowest BCUT2D eigenvalue weighted by Crippen LogP contribution is -2.41. The van der Waals surface area contributed by atoms with Gasteiger partial charge < -0.3 is 14.5 Å². The number of benzene rings is 1. The molecule has 0 aliphatic carbocycles. The Hall–Kier alpha value is -1.66. The van der Waals surface area contributed by atoms with Gasteiger partial charge in [-0.2, -0.15) is 4.37 Å². The Morgan fingerprint density at radius 2 is 2.09 bits per heavy atom. The van der Waals surface area contributed by atoms with Gasteiger partial charge in [0.1, 0.15) is 11.4 Å². The molecule has 2 bridgehead atoms. The number of carbonyl (C=O) groups excluding carboxylic acids is 1. The fourth-order valence-electron chi connectivity index (χ4n) is 3.49. The monoisotopic (exact) mass is 317 g/mol. The van der Waals surface area contributed by atoms with Crippen molar-refractivity contribution in [2.75, 3.05) is 33.3 Å². The van der Waals surface area contributed by atoms with Gasteiger partial charge >= 0.3 is 0 Å². The SMILES string of the molecule is COc1ccc2snc(C(=O)N3CCN4CCC3CC4)c2c1. The topological polar surface area (TPSA) is 45.7 Å². The van der Waals surface area contributed by atoms with Gasteiger partial charge in [-0.25, -0.2) is 0 Å². The molecule has 6 heteroatoms. The molecule has 1 aromatic carbocycles. The molecule has 3 fully saturated rings. The zero-order valence-electron chi connectivity index (χ0n) is 12.6. The Kier molecular flexibility index (Phi) is 3.50. The van der Waals surface area contributed by atoms with E-state index in [0.717, 1.165) is 54.9 Å². The van der Waals surface area contributed by atoms with Crippen LogP contribution in [0.15, 0.2) is 18.2 Å². The molecule has 0 unspecified atom stereocenters. The standard InChI is InChI=1S/C16H19N3O2S/c1-21-12-2-3-14-13(10-12)15(17-22-14)16(20)19-9-8-18-6-4-11(19)5-7-18/h2-3,10-11H,4-9H2,1H3. The van der Waals surface area contributed by atoms with Gasteiger partial charge in [0.15, 0.2) is 0 Å². The van der Waals surface area contributed by atoms with E-state index in [0.29, 0.717) is 11.7 Å². The minimum atomic E-state index is 0.0771. The molecule has 4 heterocycles.